The summed E-state index contributed by atoms with van der Waals surface area (Å²) in [5.74, 6) is 2.46. The Morgan fingerprint density at radius 1 is 1.38 bits per heavy atom. The van der Waals surface area contributed by atoms with Gasteiger partial charge in [0.2, 0.25) is 0 Å². The van der Waals surface area contributed by atoms with Crippen LogP contribution in [0.1, 0.15) is 42.6 Å². The molecule has 1 aliphatic carbocycles. The van der Waals surface area contributed by atoms with Gasteiger partial charge in [-0.3, -0.25) is 19.7 Å². The molecular weight excluding hydrogens is 360 g/mol. The zero-order valence-corrected chi connectivity index (χ0v) is 17.0. The number of rotatable bonds is 6. The summed E-state index contributed by atoms with van der Waals surface area (Å²) in [6.07, 6.45) is 12.1. The van der Waals surface area contributed by atoms with Crippen LogP contribution in [0.5, 0.6) is 0 Å². The van der Waals surface area contributed by atoms with Crippen molar-refractivity contribution in [3.8, 4) is 0 Å². The van der Waals surface area contributed by atoms with Crippen molar-refractivity contribution in [2.45, 2.75) is 33.1 Å². The zero-order chi connectivity index (χ0) is 20.4. The Morgan fingerprint density at radius 3 is 3.07 bits per heavy atom. The van der Waals surface area contributed by atoms with Gasteiger partial charge in [-0.2, -0.15) is 0 Å². The third-order valence-corrected chi connectivity index (χ3v) is 5.50. The number of carbonyl (C=O) groups is 1. The minimum atomic E-state index is 0.240. The topological polar surface area (TPSA) is 57.1 Å². The SMILES string of the molecule is C=CCC(C)/C=C(\C)C1=C(Nc2ccc3c(c2)CCC3=O)N2C=CN=CC2=NC1. The molecule has 0 amide bonds. The third kappa shape index (κ3) is 3.86. The maximum absolute atomic E-state index is 12.0. The molecule has 0 aromatic heterocycles. The van der Waals surface area contributed by atoms with Crippen LogP contribution in [0.3, 0.4) is 0 Å². The van der Waals surface area contributed by atoms with E-state index in [-0.39, 0.29) is 5.78 Å². The van der Waals surface area contributed by atoms with E-state index in [0.29, 0.717) is 18.9 Å². The Hall–Kier alpha value is -3.21. The first-order valence-corrected chi connectivity index (χ1v) is 10.1. The Balaban J connectivity index is 1.71. The second kappa shape index (κ2) is 8.03. The molecule has 148 valence electrons. The smallest absolute Gasteiger partial charge is 0.163 e. The van der Waals surface area contributed by atoms with Crippen LogP contribution in [0.25, 0.3) is 0 Å². The van der Waals surface area contributed by atoms with Gasteiger partial charge in [0.05, 0.1) is 12.8 Å². The van der Waals surface area contributed by atoms with Gasteiger partial charge in [0.25, 0.3) is 0 Å². The number of fused-ring (bicyclic) bond motifs is 2. The van der Waals surface area contributed by atoms with E-state index in [4.69, 9.17) is 4.99 Å². The fourth-order valence-electron chi connectivity index (χ4n) is 4.02. The van der Waals surface area contributed by atoms with Crippen LogP contribution < -0.4 is 5.32 Å². The fourth-order valence-corrected chi connectivity index (χ4v) is 4.02. The number of nitrogens with zero attached hydrogens (tertiary/aromatic N) is 3. The van der Waals surface area contributed by atoms with Gasteiger partial charge in [0.1, 0.15) is 5.82 Å². The summed E-state index contributed by atoms with van der Waals surface area (Å²) in [7, 11) is 0. The molecule has 29 heavy (non-hydrogen) atoms. The van der Waals surface area contributed by atoms with Crippen molar-refractivity contribution in [3.63, 3.8) is 0 Å². The van der Waals surface area contributed by atoms with Crippen molar-refractivity contribution in [1.29, 1.82) is 0 Å². The third-order valence-electron chi connectivity index (χ3n) is 5.50. The molecule has 0 fully saturated rings. The molecule has 1 N–H and O–H groups in total. The van der Waals surface area contributed by atoms with Crippen molar-refractivity contribution in [3.05, 3.63) is 77.4 Å². The van der Waals surface area contributed by atoms with Gasteiger partial charge in [0, 0.05) is 35.6 Å². The Morgan fingerprint density at radius 2 is 2.24 bits per heavy atom. The summed E-state index contributed by atoms with van der Waals surface area (Å²) >= 11 is 0. The number of benzene rings is 1. The number of ketones is 1. The largest absolute Gasteiger partial charge is 0.341 e. The van der Waals surface area contributed by atoms with Gasteiger partial charge in [-0.25, -0.2) is 0 Å². The number of Topliss-reactive ketones (excluding diaryl/α,β-unsaturated/α-hetero) is 1. The van der Waals surface area contributed by atoms with Gasteiger partial charge in [-0.1, -0.05) is 19.1 Å². The van der Waals surface area contributed by atoms with E-state index in [0.717, 1.165) is 46.9 Å². The highest BCUT2D eigenvalue weighted by Gasteiger charge is 2.25. The van der Waals surface area contributed by atoms with Gasteiger partial charge in [0.15, 0.2) is 11.6 Å². The average molecular weight is 386 g/mol. The minimum absolute atomic E-state index is 0.240. The average Bonchev–Trinajstić information content (AvgIpc) is 3.08. The Labute approximate surface area is 171 Å². The molecule has 3 aliphatic rings. The molecule has 1 atom stereocenters. The molecule has 1 aromatic rings. The first-order chi connectivity index (χ1) is 14.1. The van der Waals surface area contributed by atoms with E-state index in [1.54, 1.807) is 12.4 Å². The van der Waals surface area contributed by atoms with Gasteiger partial charge in [-0.05, 0) is 55.0 Å². The Bertz CT molecular complexity index is 1010. The molecule has 0 saturated carbocycles. The van der Waals surface area contributed by atoms with Gasteiger partial charge in [-0.15, -0.1) is 6.58 Å². The molecule has 2 heterocycles. The second-order valence-corrected chi connectivity index (χ2v) is 7.72. The number of hydrogen-bond acceptors (Lipinski definition) is 5. The number of allylic oxidation sites excluding steroid dienone is 2. The number of anilines is 1. The number of amidine groups is 1. The first-order valence-electron chi connectivity index (χ1n) is 10.1. The van der Waals surface area contributed by atoms with Crippen molar-refractivity contribution in [2.24, 2.45) is 15.9 Å². The van der Waals surface area contributed by atoms with Crippen LogP contribution in [0, 0.1) is 5.92 Å². The molecule has 0 radical (unpaired) electrons. The molecule has 0 spiro atoms. The van der Waals surface area contributed by atoms with Crippen LogP contribution in [-0.4, -0.2) is 29.3 Å². The lowest BCUT2D eigenvalue weighted by molar-refractivity contribution is 0.0994. The highest BCUT2D eigenvalue weighted by Crippen LogP contribution is 2.30. The summed E-state index contributed by atoms with van der Waals surface area (Å²) in [6, 6.07) is 6.02. The standard InChI is InChI=1S/C24H26N4O/c1-4-5-16(2)12-17(3)21-14-26-23-15-25-10-11-28(23)24(21)27-19-7-8-20-18(13-19)6-9-22(20)29/h4,7-8,10-13,15-16,27H,1,5-6,9,14H2,2-3H3/b17-12+. The minimum Gasteiger partial charge on any atom is -0.341 e. The predicted octanol–water partition coefficient (Wildman–Crippen LogP) is 4.87. The molecule has 0 saturated heterocycles. The van der Waals surface area contributed by atoms with Crippen molar-refractivity contribution < 1.29 is 4.79 Å². The highest BCUT2D eigenvalue weighted by atomic mass is 16.1. The molecule has 5 nitrogen and oxygen atoms in total. The number of aryl methyl sites for hydroxylation is 1. The number of nitrogens with one attached hydrogen (secondary N) is 1. The second-order valence-electron chi connectivity index (χ2n) is 7.72. The molecule has 1 aromatic carbocycles. The van der Waals surface area contributed by atoms with Crippen LogP contribution in [0.2, 0.25) is 0 Å². The quantitative estimate of drug-likeness (QED) is 0.710. The van der Waals surface area contributed by atoms with Crippen LogP contribution in [0.4, 0.5) is 5.69 Å². The zero-order valence-electron chi connectivity index (χ0n) is 17.0. The maximum atomic E-state index is 12.0. The Kier molecular flexibility index (Phi) is 5.30. The molecule has 0 bridgehead atoms. The van der Waals surface area contributed by atoms with E-state index >= 15 is 0 Å². The van der Waals surface area contributed by atoms with Crippen LogP contribution in [-0.2, 0) is 6.42 Å². The molecule has 5 heteroatoms. The normalized spacial score (nSPS) is 19.1. The molecule has 4 rings (SSSR count). The van der Waals surface area contributed by atoms with Gasteiger partial charge >= 0.3 is 0 Å². The van der Waals surface area contributed by atoms with E-state index in [1.165, 1.54) is 5.57 Å². The lowest BCUT2D eigenvalue weighted by Crippen LogP contribution is -2.36. The van der Waals surface area contributed by atoms with E-state index < -0.39 is 0 Å². The van der Waals surface area contributed by atoms with Crippen molar-refractivity contribution >= 4 is 23.5 Å². The van der Waals surface area contributed by atoms with Crippen LogP contribution in [0.15, 0.2) is 76.3 Å². The van der Waals surface area contributed by atoms with Gasteiger partial charge < -0.3 is 5.32 Å². The lowest BCUT2D eigenvalue weighted by atomic mass is 9.98. The monoisotopic (exact) mass is 386 g/mol. The van der Waals surface area contributed by atoms with Crippen molar-refractivity contribution in [2.75, 3.05) is 11.9 Å². The maximum Gasteiger partial charge on any atom is 0.163 e. The summed E-state index contributed by atoms with van der Waals surface area (Å²) in [6.45, 7) is 8.78. The number of carbonyl (C=O) groups excluding carboxylic acids is 1. The molecule has 2 aliphatic heterocycles. The van der Waals surface area contributed by atoms with Crippen LogP contribution >= 0.6 is 0 Å². The van der Waals surface area contributed by atoms with Crippen molar-refractivity contribution in [1.82, 2.24) is 4.90 Å². The highest BCUT2D eigenvalue weighted by molar-refractivity contribution is 6.31. The van der Waals surface area contributed by atoms with E-state index in [9.17, 15) is 4.79 Å². The summed E-state index contributed by atoms with van der Waals surface area (Å²) in [5, 5.41) is 3.60. The number of aliphatic imine (C=N–C) groups is 2. The first kappa shape index (κ1) is 19.1. The fraction of sp³-hybridized carbons (Fsp3) is 0.292. The molecular formula is C24H26N4O. The summed E-state index contributed by atoms with van der Waals surface area (Å²) in [4.78, 5) is 22.9. The predicted molar refractivity (Wildman–Crippen MR) is 119 cm³/mol. The summed E-state index contributed by atoms with van der Waals surface area (Å²) in [5.41, 5.74) is 5.32. The number of hydrogen-bond donors (Lipinski definition) is 1. The molecule has 1 unspecified atom stereocenters. The van der Waals surface area contributed by atoms with E-state index in [2.05, 4.69) is 42.9 Å². The summed E-state index contributed by atoms with van der Waals surface area (Å²) < 4.78 is 0. The van der Waals surface area contributed by atoms with E-state index in [1.807, 2.05) is 29.3 Å². The lowest BCUT2D eigenvalue weighted by Gasteiger charge is -2.32.